The highest BCUT2D eigenvalue weighted by Gasteiger charge is 2.29. The van der Waals surface area contributed by atoms with Crippen LogP contribution < -0.4 is 5.32 Å². The number of carbonyl (C=O) groups is 1. The average Bonchev–Trinajstić information content (AvgIpc) is 2.71. The molecule has 1 atom stereocenters. The van der Waals surface area contributed by atoms with E-state index < -0.39 is 15.1 Å². The first-order chi connectivity index (χ1) is 13.9. The van der Waals surface area contributed by atoms with Gasteiger partial charge < -0.3 is 5.32 Å². The number of rotatable bonds is 7. The summed E-state index contributed by atoms with van der Waals surface area (Å²) < 4.78 is 26.5. The van der Waals surface area contributed by atoms with Gasteiger partial charge in [-0.05, 0) is 48.4 Å². The fourth-order valence-corrected chi connectivity index (χ4v) is 4.69. The van der Waals surface area contributed by atoms with Gasteiger partial charge in [0, 0.05) is 24.0 Å². The van der Waals surface area contributed by atoms with Gasteiger partial charge in [-0.3, -0.25) is 9.78 Å². The Hall–Kier alpha value is -2.70. The largest absolute Gasteiger partial charge is 0.354 e. The molecule has 0 saturated carbocycles. The van der Waals surface area contributed by atoms with Crippen molar-refractivity contribution in [3.63, 3.8) is 0 Å². The summed E-state index contributed by atoms with van der Waals surface area (Å²) in [6.45, 7) is 1.85. The Bertz CT molecular complexity index is 1070. The number of nitrogens with one attached hydrogen (secondary N) is 1. The fourth-order valence-electron chi connectivity index (χ4n) is 2.92. The van der Waals surface area contributed by atoms with Gasteiger partial charge >= 0.3 is 0 Å². The van der Waals surface area contributed by atoms with Crippen molar-refractivity contribution in [1.29, 1.82) is 0 Å². The smallest absolute Gasteiger partial charge is 0.224 e. The van der Waals surface area contributed by atoms with Gasteiger partial charge in [0.15, 0.2) is 9.84 Å². The van der Waals surface area contributed by atoms with Crippen LogP contribution in [0.4, 0.5) is 0 Å². The molecular formula is C22H21ClN2O3S. The summed E-state index contributed by atoms with van der Waals surface area (Å²) in [5, 5.41) is 2.41. The lowest BCUT2D eigenvalue weighted by Crippen LogP contribution is -2.33. The fraction of sp³-hybridized carbons (Fsp3) is 0.182. The van der Waals surface area contributed by atoms with E-state index in [0.717, 1.165) is 11.1 Å². The van der Waals surface area contributed by atoms with E-state index in [2.05, 4.69) is 10.3 Å². The van der Waals surface area contributed by atoms with Gasteiger partial charge in [0.25, 0.3) is 0 Å². The second kappa shape index (κ2) is 9.20. The van der Waals surface area contributed by atoms with E-state index in [1.807, 2.05) is 6.92 Å². The van der Waals surface area contributed by atoms with Crippen molar-refractivity contribution in [3.8, 4) is 0 Å². The third kappa shape index (κ3) is 5.43. The lowest BCUT2D eigenvalue weighted by molar-refractivity contribution is -0.120. The van der Waals surface area contributed by atoms with Gasteiger partial charge in [0.05, 0.1) is 11.3 Å². The molecule has 0 spiro atoms. The third-order valence-electron chi connectivity index (χ3n) is 4.54. The maximum absolute atomic E-state index is 13.3. The van der Waals surface area contributed by atoms with Gasteiger partial charge in [-0.2, -0.15) is 0 Å². The molecule has 1 aromatic heterocycles. The van der Waals surface area contributed by atoms with Gasteiger partial charge in [0.1, 0.15) is 5.25 Å². The predicted molar refractivity (Wildman–Crippen MR) is 114 cm³/mol. The lowest BCUT2D eigenvalue weighted by atomic mass is 10.1. The van der Waals surface area contributed by atoms with Gasteiger partial charge in [-0.1, -0.05) is 47.5 Å². The molecule has 0 aliphatic rings. The summed E-state index contributed by atoms with van der Waals surface area (Å²) in [6, 6.07) is 17.0. The zero-order valence-corrected chi connectivity index (χ0v) is 17.5. The molecule has 5 nitrogen and oxygen atoms in total. The Morgan fingerprint density at radius 3 is 2.38 bits per heavy atom. The first-order valence-corrected chi connectivity index (χ1v) is 11.0. The van der Waals surface area contributed by atoms with Crippen molar-refractivity contribution in [1.82, 2.24) is 10.3 Å². The Balaban J connectivity index is 1.80. The van der Waals surface area contributed by atoms with E-state index >= 15 is 0 Å². The second-order valence-electron chi connectivity index (χ2n) is 6.74. The van der Waals surface area contributed by atoms with E-state index in [-0.39, 0.29) is 23.8 Å². The summed E-state index contributed by atoms with van der Waals surface area (Å²) in [5.41, 5.74) is 2.30. The van der Waals surface area contributed by atoms with Crippen molar-refractivity contribution in [3.05, 3.63) is 94.8 Å². The molecule has 0 fully saturated rings. The van der Waals surface area contributed by atoms with Crippen molar-refractivity contribution in [2.75, 3.05) is 6.54 Å². The molecular weight excluding hydrogens is 408 g/mol. The zero-order chi connectivity index (χ0) is 20.9. The zero-order valence-electron chi connectivity index (χ0n) is 15.9. The van der Waals surface area contributed by atoms with Crippen molar-refractivity contribution >= 4 is 27.3 Å². The molecule has 29 heavy (non-hydrogen) atoms. The van der Waals surface area contributed by atoms with Crippen LogP contribution >= 0.6 is 11.6 Å². The number of aryl methyl sites for hydroxylation is 1. The molecule has 1 heterocycles. The maximum atomic E-state index is 13.3. The highest BCUT2D eigenvalue weighted by molar-refractivity contribution is 7.91. The Kier molecular flexibility index (Phi) is 6.67. The second-order valence-corrected chi connectivity index (χ2v) is 9.31. The molecule has 0 bridgehead atoms. The van der Waals surface area contributed by atoms with E-state index in [0.29, 0.717) is 10.6 Å². The minimum absolute atomic E-state index is 0.0473. The van der Waals surface area contributed by atoms with Crippen LogP contribution in [0, 0.1) is 6.92 Å². The number of hydrogen-bond acceptors (Lipinski definition) is 4. The van der Waals surface area contributed by atoms with Crippen LogP contribution in [0.1, 0.15) is 21.9 Å². The number of hydrogen-bond donors (Lipinski definition) is 1. The molecule has 1 unspecified atom stereocenters. The predicted octanol–water partition coefficient (Wildman–Crippen LogP) is 3.92. The van der Waals surface area contributed by atoms with Gasteiger partial charge in [-0.15, -0.1) is 0 Å². The monoisotopic (exact) mass is 428 g/mol. The first kappa shape index (κ1) is 21.0. The molecule has 3 rings (SSSR count). The van der Waals surface area contributed by atoms with Crippen LogP contribution in [0.2, 0.25) is 5.02 Å². The number of benzene rings is 2. The van der Waals surface area contributed by atoms with Crippen LogP contribution in [0.15, 0.2) is 78.0 Å². The van der Waals surface area contributed by atoms with Crippen LogP contribution in [0.25, 0.3) is 0 Å². The van der Waals surface area contributed by atoms with Crippen molar-refractivity contribution < 1.29 is 13.2 Å². The normalized spacial score (nSPS) is 12.3. The molecule has 1 N–H and O–H groups in total. The molecule has 0 aliphatic carbocycles. The quantitative estimate of drug-likeness (QED) is 0.618. The van der Waals surface area contributed by atoms with Crippen LogP contribution in [-0.2, 0) is 21.1 Å². The minimum Gasteiger partial charge on any atom is -0.354 e. The number of amides is 1. The molecule has 0 radical (unpaired) electrons. The molecule has 3 aromatic rings. The summed E-state index contributed by atoms with van der Waals surface area (Å²) in [7, 11) is -3.72. The van der Waals surface area contributed by atoms with Crippen molar-refractivity contribution in [2.45, 2.75) is 23.5 Å². The van der Waals surface area contributed by atoms with Crippen LogP contribution in [-0.4, -0.2) is 25.9 Å². The van der Waals surface area contributed by atoms with Gasteiger partial charge in [0.2, 0.25) is 5.91 Å². The highest BCUT2D eigenvalue weighted by atomic mass is 35.5. The Morgan fingerprint density at radius 1 is 1.07 bits per heavy atom. The third-order valence-corrected chi connectivity index (χ3v) is 6.91. The summed E-state index contributed by atoms with van der Waals surface area (Å²) >= 11 is 5.86. The summed E-state index contributed by atoms with van der Waals surface area (Å²) in [5.74, 6) is -0.264. The van der Waals surface area contributed by atoms with E-state index in [1.165, 1.54) is 6.20 Å². The van der Waals surface area contributed by atoms with E-state index in [4.69, 9.17) is 11.6 Å². The van der Waals surface area contributed by atoms with Gasteiger partial charge in [-0.25, -0.2) is 8.42 Å². The number of nitrogens with zero attached hydrogens (tertiary/aromatic N) is 1. The number of sulfone groups is 1. The SMILES string of the molecule is Cc1ccc(S(=O)(=O)C(CNC(=O)Cc2ccc(Cl)cc2)c2cccnc2)cc1. The summed E-state index contributed by atoms with van der Waals surface area (Å²) in [6.07, 6.45) is 3.24. The highest BCUT2D eigenvalue weighted by Crippen LogP contribution is 2.28. The maximum Gasteiger partial charge on any atom is 0.224 e. The number of halogens is 1. The van der Waals surface area contributed by atoms with E-state index in [1.54, 1.807) is 66.9 Å². The molecule has 2 aromatic carbocycles. The molecule has 7 heteroatoms. The summed E-state index contributed by atoms with van der Waals surface area (Å²) in [4.78, 5) is 16.6. The Morgan fingerprint density at radius 2 is 1.76 bits per heavy atom. The van der Waals surface area contributed by atoms with Crippen LogP contribution in [0.5, 0.6) is 0 Å². The van der Waals surface area contributed by atoms with E-state index in [9.17, 15) is 13.2 Å². The Labute approximate surface area is 175 Å². The minimum atomic E-state index is -3.72. The molecule has 0 saturated heterocycles. The first-order valence-electron chi connectivity index (χ1n) is 9.08. The molecule has 150 valence electrons. The average molecular weight is 429 g/mol. The lowest BCUT2D eigenvalue weighted by Gasteiger charge is -2.19. The number of pyridine rings is 1. The molecule has 1 amide bonds. The topological polar surface area (TPSA) is 76.1 Å². The van der Waals surface area contributed by atoms with Crippen molar-refractivity contribution in [2.24, 2.45) is 0 Å². The van der Waals surface area contributed by atoms with Crippen LogP contribution in [0.3, 0.4) is 0 Å². The number of carbonyl (C=O) groups excluding carboxylic acids is 1. The number of aromatic nitrogens is 1. The molecule has 0 aliphatic heterocycles. The standard InChI is InChI=1S/C22H21ClN2O3S/c1-16-4-10-20(11-5-16)29(27,28)21(18-3-2-12-24-14-18)15-25-22(26)13-17-6-8-19(23)9-7-17/h2-12,14,21H,13,15H2,1H3,(H,25,26).